The Balaban J connectivity index is 1.82. The highest BCUT2D eigenvalue weighted by atomic mass is 79.9. The first-order valence-corrected chi connectivity index (χ1v) is 9.12. The van der Waals surface area contributed by atoms with Gasteiger partial charge in [0.15, 0.2) is 0 Å². The summed E-state index contributed by atoms with van der Waals surface area (Å²) in [7, 11) is 0. The molecule has 3 aromatic rings. The van der Waals surface area contributed by atoms with Gasteiger partial charge in [-0.1, -0.05) is 50.5 Å². The lowest BCUT2D eigenvalue weighted by molar-refractivity contribution is 0.583. The molecule has 0 atom stereocenters. The van der Waals surface area contributed by atoms with Gasteiger partial charge in [-0.05, 0) is 19.1 Å². The minimum absolute atomic E-state index is 0.573. The molecule has 0 saturated heterocycles. The zero-order valence-electron chi connectivity index (χ0n) is 11.6. The Kier molecular flexibility index (Phi) is 3.60. The van der Waals surface area contributed by atoms with Crippen molar-refractivity contribution in [3.63, 3.8) is 0 Å². The van der Waals surface area contributed by atoms with Gasteiger partial charge in [0.1, 0.15) is 5.01 Å². The number of aromatic nitrogens is 3. The summed E-state index contributed by atoms with van der Waals surface area (Å²) in [6.07, 6.45) is 0. The van der Waals surface area contributed by atoms with E-state index in [1.165, 1.54) is 5.69 Å². The molecule has 4 nitrogen and oxygen atoms in total. The van der Waals surface area contributed by atoms with Crippen LogP contribution in [0.5, 0.6) is 0 Å². The molecule has 0 unspecified atom stereocenters. The van der Waals surface area contributed by atoms with Crippen molar-refractivity contribution in [2.45, 2.75) is 20.0 Å². The Morgan fingerprint density at radius 3 is 2.77 bits per heavy atom. The van der Waals surface area contributed by atoms with Gasteiger partial charge in [-0.15, -0.1) is 10.2 Å². The molecule has 4 rings (SSSR count). The molecule has 1 aliphatic heterocycles. The van der Waals surface area contributed by atoms with E-state index in [9.17, 15) is 0 Å². The zero-order chi connectivity index (χ0) is 15.4. The molecular weight excluding hydrogens is 407 g/mol. The Labute approximate surface area is 149 Å². The molecule has 22 heavy (non-hydrogen) atoms. The maximum absolute atomic E-state index is 6.43. The quantitative estimate of drug-likeness (QED) is 0.528. The number of nitrogens with zero attached hydrogens (tertiary/aromatic N) is 4. The molecule has 0 saturated carbocycles. The summed E-state index contributed by atoms with van der Waals surface area (Å²) < 4.78 is 3.22. The SMILES string of the molecule is Cc1nnc(N2CCn3c(cc4c(Br)cc(Cl)c(Cl)c43)C2)s1. The molecule has 0 fully saturated rings. The maximum Gasteiger partial charge on any atom is 0.208 e. The second kappa shape index (κ2) is 5.37. The first-order chi connectivity index (χ1) is 10.5. The number of benzene rings is 1. The van der Waals surface area contributed by atoms with E-state index in [1.807, 2.05) is 13.0 Å². The molecule has 1 aromatic carbocycles. The number of aryl methyl sites for hydroxylation is 1. The van der Waals surface area contributed by atoms with Crippen molar-refractivity contribution in [3.8, 4) is 0 Å². The van der Waals surface area contributed by atoms with E-state index < -0.39 is 0 Å². The van der Waals surface area contributed by atoms with Gasteiger partial charge in [0.2, 0.25) is 5.13 Å². The Hall–Kier alpha value is -0.820. The number of halogens is 3. The van der Waals surface area contributed by atoms with Crippen LogP contribution in [0.1, 0.15) is 10.7 Å². The number of rotatable bonds is 1. The average Bonchev–Trinajstić information content (AvgIpc) is 3.08. The van der Waals surface area contributed by atoms with Crippen molar-refractivity contribution in [1.29, 1.82) is 0 Å². The van der Waals surface area contributed by atoms with E-state index >= 15 is 0 Å². The van der Waals surface area contributed by atoms with Crippen LogP contribution in [0, 0.1) is 6.92 Å². The lowest BCUT2D eigenvalue weighted by Gasteiger charge is -2.28. The van der Waals surface area contributed by atoms with E-state index in [2.05, 4.69) is 41.7 Å². The van der Waals surface area contributed by atoms with Crippen molar-refractivity contribution in [3.05, 3.63) is 37.4 Å². The van der Waals surface area contributed by atoms with Crippen molar-refractivity contribution in [2.75, 3.05) is 11.4 Å². The number of hydrogen-bond acceptors (Lipinski definition) is 4. The van der Waals surface area contributed by atoms with Gasteiger partial charge in [0.25, 0.3) is 0 Å². The van der Waals surface area contributed by atoms with Crippen LogP contribution >= 0.6 is 50.5 Å². The molecule has 0 N–H and O–H groups in total. The lowest BCUT2D eigenvalue weighted by atomic mass is 10.2. The van der Waals surface area contributed by atoms with Gasteiger partial charge in [-0.25, -0.2) is 0 Å². The predicted molar refractivity (Wildman–Crippen MR) is 95.4 cm³/mol. The van der Waals surface area contributed by atoms with Crippen LogP contribution in [0.3, 0.4) is 0 Å². The summed E-state index contributed by atoms with van der Waals surface area (Å²) in [6, 6.07) is 4.02. The summed E-state index contributed by atoms with van der Waals surface area (Å²) in [6.45, 7) is 4.50. The highest BCUT2D eigenvalue weighted by Crippen LogP contribution is 2.39. The second-order valence-electron chi connectivity index (χ2n) is 5.23. The van der Waals surface area contributed by atoms with Crippen LogP contribution < -0.4 is 4.90 Å². The molecule has 2 aromatic heterocycles. The van der Waals surface area contributed by atoms with Gasteiger partial charge >= 0.3 is 0 Å². The van der Waals surface area contributed by atoms with Crippen molar-refractivity contribution in [1.82, 2.24) is 14.8 Å². The molecule has 0 amide bonds. The fraction of sp³-hybridized carbons (Fsp3) is 0.286. The van der Waals surface area contributed by atoms with Crippen molar-refractivity contribution >= 4 is 66.5 Å². The lowest BCUT2D eigenvalue weighted by Crippen LogP contribution is -2.33. The molecule has 0 spiro atoms. The standard InChI is InChI=1S/C14H11BrCl2N4S/c1-7-18-19-14(22-7)20-2-3-21-8(6-20)4-9-10(15)5-11(16)12(17)13(9)21/h4-5H,2-3,6H2,1H3. The topological polar surface area (TPSA) is 34.0 Å². The summed E-state index contributed by atoms with van der Waals surface area (Å²) >= 11 is 17.8. The van der Waals surface area contributed by atoms with E-state index in [0.29, 0.717) is 10.0 Å². The first-order valence-electron chi connectivity index (χ1n) is 6.75. The average molecular weight is 418 g/mol. The maximum atomic E-state index is 6.43. The summed E-state index contributed by atoms with van der Waals surface area (Å²) in [5.41, 5.74) is 2.21. The van der Waals surface area contributed by atoms with Crippen LogP contribution in [-0.2, 0) is 13.1 Å². The van der Waals surface area contributed by atoms with Gasteiger partial charge in [-0.2, -0.15) is 0 Å². The Morgan fingerprint density at radius 1 is 1.23 bits per heavy atom. The largest absolute Gasteiger partial charge is 0.340 e. The minimum Gasteiger partial charge on any atom is -0.340 e. The van der Waals surface area contributed by atoms with E-state index in [4.69, 9.17) is 23.2 Å². The third-order valence-corrected chi connectivity index (χ3v) is 6.18. The Bertz CT molecular complexity index is 889. The molecule has 1 aliphatic rings. The molecule has 8 heteroatoms. The van der Waals surface area contributed by atoms with E-state index in [1.54, 1.807) is 11.3 Å². The number of anilines is 1. The van der Waals surface area contributed by atoms with Crippen LogP contribution in [0.25, 0.3) is 10.9 Å². The zero-order valence-corrected chi connectivity index (χ0v) is 15.5. The fourth-order valence-corrected chi connectivity index (χ4v) is 4.68. The molecule has 3 heterocycles. The van der Waals surface area contributed by atoms with Gasteiger partial charge in [0, 0.05) is 28.6 Å². The summed E-state index contributed by atoms with van der Waals surface area (Å²) in [5, 5.41) is 12.6. The molecule has 0 bridgehead atoms. The van der Waals surface area contributed by atoms with Crippen LogP contribution in [0.15, 0.2) is 16.6 Å². The second-order valence-corrected chi connectivity index (χ2v) is 8.03. The smallest absolute Gasteiger partial charge is 0.208 e. The first kappa shape index (κ1) is 14.8. The molecule has 0 aliphatic carbocycles. The van der Waals surface area contributed by atoms with Gasteiger partial charge < -0.3 is 9.47 Å². The number of hydrogen-bond donors (Lipinski definition) is 0. The minimum atomic E-state index is 0.573. The normalized spacial score (nSPS) is 14.6. The molecule has 114 valence electrons. The third kappa shape index (κ3) is 2.24. The van der Waals surface area contributed by atoms with Gasteiger partial charge in [-0.3, -0.25) is 0 Å². The molecular formula is C14H11BrCl2N4S. The van der Waals surface area contributed by atoms with Crippen LogP contribution in [0.4, 0.5) is 5.13 Å². The van der Waals surface area contributed by atoms with Crippen molar-refractivity contribution < 1.29 is 0 Å². The highest BCUT2D eigenvalue weighted by Gasteiger charge is 2.23. The monoisotopic (exact) mass is 416 g/mol. The van der Waals surface area contributed by atoms with E-state index in [-0.39, 0.29) is 0 Å². The fourth-order valence-electron chi connectivity index (χ4n) is 2.85. The Morgan fingerprint density at radius 2 is 2.05 bits per heavy atom. The van der Waals surface area contributed by atoms with Crippen LogP contribution in [-0.4, -0.2) is 21.3 Å². The molecule has 0 radical (unpaired) electrons. The third-order valence-electron chi connectivity index (χ3n) is 3.84. The summed E-state index contributed by atoms with van der Waals surface area (Å²) in [4.78, 5) is 2.25. The van der Waals surface area contributed by atoms with Crippen LogP contribution in [0.2, 0.25) is 10.0 Å². The van der Waals surface area contributed by atoms with E-state index in [0.717, 1.165) is 45.1 Å². The highest BCUT2D eigenvalue weighted by molar-refractivity contribution is 9.10. The number of fused-ring (bicyclic) bond motifs is 3. The summed E-state index contributed by atoms with van der Waals surface area (Å²) in [5.74, 6) is 0. The van der Waals surface area contributed by atoms with Crippen molar-refractivity contribution in [2.24, 2.45) is 0 Å². The van der Waals surface area contributed by atoms with Gasteiger partial charge in [0.05, 0.1) is 22.1 Å². The predicted octanol–water partition coefficient (Wildman–Crippen LogP) is 4.89.